The van der Waals surface area contributed by atoms with Crippen LogP contribution in [0.2, 0.25) is 0 Å². The number of hydrogen-bond acceptors (Lipinski definition) is 3. The molecule has 3 heteroatoms. The summed E-state index contributed by atoms with van der Waals surface area (Å²) in [6, 6.07) is 69.7. The topological polar surface area (TPSA) is 16.1 Å². The molecule has 244 valence electrons. The zero-order valence-electron chi connectivity index (χ0n) is 28.3. The van der Waals surface area contributed by atoms with Crippen LogP contribution in [0.25, 0.3) is 76.4 Å². The normalized spacial score (nSPS) is 11.5. The molecule has 8 aromatic carbocycles. The Hall–Kier alpha value is -6.55. The number of anilines is 3. The number of thiazole rings is 1. The highest BCUT2D eigenvalue weighted by Crippen LogP contribution is 2.54. The van der Waals surface area contributed by atoms with Crippen molar-refractivity contribution in [1.29, 1.82) is 0 Å². The third-order valence-electron chi connectivity index (χ3n) is 10.1. The van der Waals surface area contributed by atoms with E-state index in [0.29, 0.717) is 0 Å². The van der Waals surface area contributed by atoms with E-state index >= 15 is 0 Å². The number of nitrogens with zero attached hydrogens (tertiary/aromatic N) is 2. The zero-order valence-corrected chi connectivity index (χ0v) is 29.1. The lowest BCUT2D eigenvalue weighted by Gasteiger charge is -2.27. The number of hydrogen-bond donors (Lipinski definition) is 0. The van der Waals surface area contributed by atoms with Crippen LogP contribution in [0, 0.1) is 0 Å². The van der Waals surface area contributed by atoms with Crippen LogP contribution >= 0.6 is 11.3 Å². The van der Waals surface area contributed by atoms with Crippen molar-refractivity contribution in [3.8, 4) is 65.6 Å². The first-order valence-electron chi connectivity index (χ1n) is 17.6. The van der Waals surface area contributed by atoms with Crippen molar-refractivity contribution in [2.75, 3.05) is 4.90 Å². The molecule has 0 radical (unpaired) electrons. The van der Waals surface area contributed by atoms with Gasteiger partial charge in [-0.15, -0.1) is 11.3 Å². The molecule has 1 aromatic heterocycles. The predicted molar refractivity (Wildman–Crippen MR) is 220 cm³/mol. The summed E-state index contributed by atoms with van der Waals surface area (Å²) < 4.78 is 0. The molecule has 0 amide bonds. The SMILES string of the molecule is c1ccc(-c2ccc(N(c3ccc(-c4cccc(-c5ccccc5)c4)cc3)c3ccc4c5c(cccc35)-c3sc(-c5ccccc5)nc3-4)cc2)cc1. The minimum Gasteiger partial charge on any atom is -0.310 e. The molecule has 0 spiro atoms. The summed E-state index contributed by atoms with van der Waals surface area (Å²) in [7, 11) is 0. The summed E-state index contributed by atoms with van der Waals surface area (Å²) in [6.45, 7) is 0. The van der Waals surface area contributed by atoms with Crippen LogP contribution in [-0.2, 0) is 0 Å². The molecule has 1 heterocycles. The Bertz CT molecular complexity index is 2670. The molecule has 0 saturated carbocycles. The van der Waals surface area contributed by atoms with Crippen LogP contribution < -0.4 is 4.90 Å². The van der Waals surface area contributed by atoms with E-state index in [-0.39, 0.29) is 0 Å². The lowest BCUT2D eigenvalue weighted by Crippen LogP contribution is -2.10. The minimum atomic E-state index is 1.06. The van der Waals surface area contributed by atoms with E-state index < -0.39 is 0 Å². The third kappa shape index (κ3) is 5.22. The molecule has 0 saturated heterocycles. The van der Waals surface area contributed by atoms with Gasteiger partial charge in [-0.25, -0.2) is 4.98 Å². The molecule has 0 fully saturated rings. The summed E-state index contributed by atoms with van der Waals surface area (Å²) in [6.07, 6.45) is 0. The summed E-state index contributed by atoms with van der Waals surface area (Å²) in [5.41, 5.74) is 15.3. The van der Waals surface area contributed by atoms with Crippen LogP contribution in [0.15, 0.2) is 194 Å². The van der Waals surface area contributed by atoms with Gasteiger partial charge in [0.2, 0.25) is 0 Å². The standard InChI is InChI=1S/C49H32N2S/c1-4-12-33(13-5-1)35-22-26-40(27-23-35)51(41-28-24-36(25-29-41)39-19-10-18-38(32-39)34-14-6-2-7-15-34)45-31-30-43-46-42(45)20-11-21-44(46)48-47(43)50-49(52-48)37-16-8-3-9-17-37/h1-32H. The van der Waals surface area contributed by atoms with Crippen molar-refractivity contribution >= 4 is 39.2 Å². The first-order valence-corrected chi connectivity index (χ1v) is 18.4. The Morgan fingerprint density at radius 1 is 0.385 bits per heavy atom. The predicted octanol–water partition coefficient (Wildman–Crippen LogP) is 14.1. The number of rotatable bonds is 7. The first kappa shape index (κ1) is 30.3. The number of fused-ring (bicyclic) bond motifs is 3. The van der Waals surface area contributed by atoms with Crippen LogP contribution in [-0.4, -0.2) is 4.98 Å². The average molecular weight is 681 g/mol. The largest absolute Gasteiger partial charge is 0.310 e. The summed E-state index contributed by atoms with van der Waals surface area (Å²) in [4.78, 5) is 8.85. The van der Waals surface area contributed by atoms with Crippen molar-refractivity contribution in [2.24, 2.45) is 0 Å². The maximum Gasteiger partial charge on any atom is 0.124 e. The summed E-state index contributed by atoms with van der Waals surface area (Å²) in [5, 5.41) is 3.55. The van der Waals surface area contributed by atoms with Gasteiger partial charge in [-0.05, 0) is 69.8 Å². The first-order chi connectivity index (χ1) is 25.8. The summed E-state index contributed by atoms with van der Waals surface area (Å²) in [5.74, 6) is 0. The molecule has 2 nitrogen and oxygen atoms in total. The highest BCUT2D eigenvalue weighted by Gasteiger charge is 2.28. The quantitative estimate of drug-likeness (QED) is 0.167. The second-order valence-corrected chi connectivity index (χ2v) is 14.2. The fourth-order valence-corrected chi connectivity index (χ4v) is 8.65. The Morgan fingerprint density at radius 3 is 1.50 bits per heavy atom. The van der Waals surface area contributed by atoms with E-state index in [1.807, 2.05) is 0 Å². The molecule has 0 bridgehead atoms. The zero-order chi connectivity index (χ0) is 34.4. The Morgan fingerprint density at radius 2 is 0.885 bits per heavy atom. The minimum absolute atomic E-state index is 1.06. The molecule has 1 aliphatic carbocycles. The fraction of sp³-hybridized carbons (Fsp3) is 0. The lowest BCUT2D eigenvalue weighted by atomic mass is 9.98. The van der Waals surface area contributed by atoms with Gasteiger partial charge in [0.1, 0.15) is 5.01 Å². The molecular weight excluding hydrogens is 649 g/mol. The van der Waals surface area contributed by atoms with Crippen molar-refractivity contribution in [2.45, 2.75) is 0 Å². The summed E-state index contributed by atoms with van der Waals surface area (Å²) >= 11 is 1.79. The number of benzene rings is 8. The van der Waals surface area contributed by atoms with Crippen LogP contribution in [0.5, 0.6) is 0 Å². The Kier molecular flexibility index (Phi) is 7.37. The molecular formula is C49H32N2S. The molecule has 0 unspecified atom stereocenters. The third-order valence-corrected chi connectivity index (χ3v) is 11.2. The van der Waals surface area contributed by atoms with E-state index in [4.69, 9.17) is 4.98 Å². The van der Waals surface area contributed by atoms with E-state index in [9.17, 15) is 0 Å². The molecule has 9 aromatic rings. The molecule has 52 heavy (non-hydrogen) atoms. The highest BCUT2D eigenvalue weighted by molar-refractivity contribution is 7.19. The van der Waals surface area contributed by atoms with Crippen molar-refractivity contribution < 1.29 is 0 Å². The maximum absolute atomic E-state index is 5.20. The van der Waals surface area contributed by atoms with E-state index in [2.05, 4.69) is 199 Å². The van der Waals surface area contributed by atoms with Crippen molar-refractivity contribution in [1.82, 2.24) is 4.98 Å². The molecule has 1 aliphatic rings. The lowest BCUT2D eigenvalue weighted by molar-refractivity contribution is 1.30. The van der Waals surface area contributed by atoms with Gasteiger partial charge in [0.15, 0.2) is 0 Å². The van der Waals surface area contributed by atoms with Crippen molar-refractivity contribution in [3.63, 3.8) is 0 Å². The van der Waals surface area contributed by atoms with Gasteiger partial charge in [0, 0.05) is 38.8 Å². The van der Waals surface area contributed by atoms with Gasteiger partial charge in [0.05, 0.1) is 16.3 Å². The van der Waals surface area contributed by atoms with E-state index in [1.54, 1.807) is 11.3 Å². The molecule has 0 N–H and O–H groups in total. The van der Waals surface area contributed by atoms with Gasteiger partial charge in [-0.3, -0.25) is 0 Å². The Balaban J connectivity index is 1.08. The second kappa shape index (κ2) is 12.6. The van der Waals surface area contributed by atoms with Gasteiger partial charge in [-0.2, -0.15) is 0 Å². The van der Waals surface area contributed by atoms with Gasteiger partial charge in [0.25, 0.3) is 0 Å². The van der Waals surface area contributed by atoms with Crippen LogP contribution in [0.3, 0.4) is 0 Å². The monoisotopic (exact) mass is 680 g/mol. The van der Waals surface area contributed by atoms with Gasteiger partial charge < -0.3 is 4.90 Å². The average Bonchev–Trinajstić information content (AvgIpc) is 3.80. The molecule has 0 aliphatic heterocycles. The highest BCUT2D eigenvalue weighted by atomic mass is 32.1. The van der Waals surface area contributed by atoms with Gasteiger partial charge >= 0.3 is 0 Å². The second-order valence-electron chi connectivity index (χ2n) is 13.2. The molecule has 10 rings (SSSR count). The maximum atomic E-state index is 5.20. The van der Waals surface area contributed by atoms with E-state index in [1.165, 1.54) is 60.2 Å². The number of aromatic nitrogens is 1. The smallest absolute Gasteiger partial charge is 0.124 e. The fourth-order valence-electron chi connectivity index (χ4n) is 7.53. The Labute approximate surface area is 307 Å². The van der Waals surface area contributed by atoms with Crippen LogP contribution in [0.1, 0.15) is 0 Å². The molecule has 0 atom stereocenters. The van der Waals surface area contributed by atoms with E-state index in [0.717, 1.165) is 33.3 Å². The van der Waals surface area contributed by atoms with Crippen LogP contribution in [0.4, 0.5) is 17.1 Å². The van der Waals surface area contributed by atoms with Gasteiger partial charge in [-0.1, -0.05) is 158 Å². The van der Waals surface area contributed by atoms with Crippen molar-refractivity contribution in [3.05, 3.63) is 194 Å².